The number of rotatable bonds is 6. The summed E-state index contributed by atoms with van der Waals surface area (Å²) >= 11 is 0. The van der Waals surface area contributed by atoms with Crippen LogP contribution in [-0.2, 0) is 11.3 Å². The minimum absolute atomic E-state index is 0.122. The number of carbonyl (C=O) groups is 1. The third kappa shape index (κ3) is 4.75. The number of amides is 1. The molecule has 0 unspecified atom stereocenters. The number of aryl methyl sites for hydroxylation is 1. The van der Waals surface area contributed by atoms with E-state index >= 15 is 0 Å². The molecule has 1 aromatic heterocycles. The van der Waals surface area contributed by atoms with Gasteiger partial charge in [-0.2, -0.15) is 5.10 Å². The Kier molecular flexibility index (Phi) is 5.58. The van der Waals surface area contributed by atoms with Crippen LogP contribution in [-0.4, -0.2) is 47.4 Å². The van der Waals surface area contributed by atoms with E-state index < -0.39 is 0 Å². The van der Waals surface area contributed by atoms with Crippen molar-refractivity contribution in [2.45, 2.75) is 26.3 Å². The average Bonchev–Trinajstić information content (AvgIpc) is 3.05. The molecular formula is C19H25N3O3. The van der Waals surface area contributed by atoms with E-state index in [0.29, 0.717) is 19.1 Å². The first-order valence-corrected chi connectivity index (χ1v) is 8.67. The predicted molar refractivity (Wildman–Crippen MR) is 94.8 cm³/mol. The van der Waals surface area contributed by atoms with Crippen molar-refractivity contribution in [1.82, 2.24) is 14.7 Å². The van der Waals surface area contributed by atoms with Gasteiger partial charge in [-0.3, -0.25) is 9.48 Å². The number of methoxy groups -OCH3 is 1. The van der Waals surface area contributed by atoms with E-state index in [0.717, 1.165) is 43.0 Å². The molecule has 2 heterocycles. The molecule has 0 aliphatic carbocycles. The van der Waals surface area contributed by atoms with Gasteiger partial charge in [0.05, 0.1) is 19.9 Å². The van der Waals surface area contributed by atoms with Crippen LogP contribution in [0.3, 0.4) is 0 Å². The molecule has 1 fully saturated rings. The lowest BCUT2D eigenvalue weighted by Crippen LogP contribution is -2.43. The van der Waals surface area contributed by atoms with Crippen LogP contribution in [0.4, 0.5) is 0 Å². The summed E-state index contributed by atoms with van der Waals surface area (Å²) in [5.74, 6) is 2.13. The predicted octanol–water partition coefficient (Wildman–Crippen LogP) is 2.52. The van der Waals surface area contributed by atoms with Crippen LogP contribution in [0.25, 0.3) is 0 Å². The van der Waals surface area contributed by atoms with Gasteiger partial charge < -0.3 is 14.4 Å². The van der Waals surface area contributed by atoms with Crippen molar-refractivity contribution in [3.63, 3.8) is 0 Å². The maximum Gasteiger partial charge on any atom is 0.244 e. The Bertz CT molecular complexity index is 696. The van der Waals surface area contributed by atoms with Gasteiger partial charge in [0.25, 0.3) is 0 Å². The van der Waals surface area contributed by atoms with Crippen LogP contribution in [0.5, 0.6) is 11.5 Å². The molecule has 1 aliphatic rings. The summed E-state index contributed by atoms with van der Waals surface area (Å²) < 4.78 is 12.7. The molecule has 1 saturated heterocycles. The Hall–Kier alpha value is -2.50. The van der Waals surface area contributed by atoms with Crippen molar-refractivity contribution >= 4 is 5.91 Å². The molecule has 0 radical (unpaired) electrons. The molecule has 1 amide bonds. The summed E-state index contributed by atoms with van der Waals surface area (Å²) in [4.78, 5) is 14.4. The molecule has 0 bridgehead atoms. The van der Waals surface area contributed by atoms with Gasteiger partial charge in [-0.1, -0.05) is 0 Å². The largest absolute Gasteiger partial charge is 0.497 e. The third-order valence-corrected chi connectivity index (χ3v) is 4.48. The molecule has 1 aromatic carbocycles. The summed E-state index contributed by atoms with van der Waals surface area (Å²) in [6.45, 7) is 4.46. The Morgan fingerprint density at radius 1 is 1.28 bits per heavy atom. The van der Waals surface area contributed by atoms with Crippen molar-refractivity contribution < 1.29 is 14.3 Å². The SMILES string of the molecule is COc1ccc(OC[C@@H]2CCCN(C(=O)Cn3cc(C)cn3)C2)cc1. The first-order chi connectivity index (χ1) is 12.1. The highest BCUT2D eigenvalue weighted by Gasteiger charge is 2.24. The zero-order chi connectivity index (χ0) is 17.6. The first kappa shape index (κ1) is 17.3. The number of nitrogens with zero attached hydrogens (tertiary/aromatic N) is 3. The van der Waals surface area contributed by atoms with Gasteiger partial charge in [-0.05, 0) is 49.6 Å². The summed E-state index contributed by atoms with van der Waals surface area (Å²) in [7, 11) is 1.65. The lowest BCUT2D eigenvalue weighted by Gasteiger charge is -2.32. The fraction of sp³-hybridized carbons (Fsp3) is 0.474. The Balaban J connectivity index is 1.49. The highest BCUT2D eigenvalue weighted by molar-refractivity contribution is 5.76. The van der Waals surface area contributed by atoms with Crippen LogP contribution in [0.1, 0.15) is 18.4 Å². The number of benzene rings is 1. The van der Waals surface area contributed by atoms with Gasteiger partial charge in [-0.15, -0.1) is 0 Å². The summed E-state index contributed by atoms with van der Waals surface area (Å²) in [6.07, 6.45) is 5.77. The van der Waals surface area contributed by atoms with Crippen molar-refractivity contribution in [2.24, 2.45) is 5.92 Å². The topological polar surface area (TPSA) is 56.6 Å². The molecule has 3 rings (SSSR count). The second kappa shape index (κ2) is 8.05. The van der Waals surface area contributed by atoms with Gasteiger partial charge in [-0.25, -0.2) is 0 Å². The summed E-state index contributed by atoms with van der Waals surface area (Å²) in [6, 6.07) is 7.59. The van der Waals surface area contributed by atoms with Crippen LogP contribution in [0.15, 0.2) is 36.7 Å². The van der Waals surface area contributed by atoms with E-state index in [1.165, 1.54) is 0 Å². The zero-order valence-corrected chi connectivity index (χ0v) is 14.9. The van der Waals surface area contributed by atoms with Crippen molar-refractivity contribution in [3.05, 3.63) is 42.2 Å². The maximum atomic E-state index is 12.5. The standard InChI is InChI=1S/C19H25N3O3/c1-15-10-20-22(11-15)13-19(23)21-9-3-4-16(12-21)14-25-18-7-5-17(24-2)6-8-18/h5-8,10-11,16H,3-4,9,12-14H2,1-2H3/t16-/m1/s1. The van der Waals surface area contributed by atoms with Crippen molar-refractivity contribution in [3.8, 4) is 11.5 Å². The molecular weight excluding hydrogens is 318 g/mol. The number of carbonyl (C=O) groups excluding carboxylic acids is 1. The minimum Gasteiger partial charge on any atom is -0.497 e. The quantitative estimate of drug-likeness (QED) is 0.809. The number of hydrogen-bond donors (Lipinski definition) is 0. The fourth-order valence-electron chi connectivity index (χ4n) is 3.11. The summed E-state index contributed by atoms with van der Waals surface area (Å²) in [5, 5.41) is 4.19. The molecule has 0 saturated carbocycles. The molecule has 0 N–H and O–H groups in total. The molecule has 1 atom stereocenters. The van der Waals surface area contributed by atoms with Crippen molar-refractivity contribution in [1.29, 1.82) is 0 Å². The Morgan fingerprint density at radius 3 is 2.72 bits per heavy atom. The van der Waals surface area contributed by atoms with Crippen LogP contribution in [0.2, 0.25) is 0 Å². The van der Waals surface area contributed by atoms with Crippen LogP contribution in [0, 0.1) is 12.8 Å². The third-order valence-electron chi connectivity index (χ3n) is 4.48. The highest BCUT2D eigenvalue weighted by Crippen LogP contribution is 2.21. The van der Waals surface area contributed by atoms with Gasteiger partial charge in [0.1, 0.15) is 18.0 Å². The number of ether oxygens (including phenoxy) is 2. The number of piperidine rings is 1. The van der Waals surface area contributed by atoms with E-state index in [1.807, 2.05) is 42.3 Å². The van der Waals surface area contributed by atoms with E-state index in [2.05, 4.69) is 5.10 Å². The van der Waals surface area contributed by atoms with Gasteiger partial charge in [0, 0.05) is 25.2 Å². The minimum atomic E-state index is 0.122. The van der Waals surface area contributed by atoms with Gasteiger partial charge >= 0.3 is 0 Å². The summed E-state index contributed by atoms with van der Waals surface area (Å²) in [5.41, 5.74) is 1.07. The van der Waals surface area contributed by atoms with E-state index in [1.54, 1.807) is 18.0 Å². The molecule has 134 valence electrons. The number of hydrogen-bond acceptors (Lipinski definition) is 4. The van der Waals surface area contributed by atoms with Crippen LogP contribution >= 0.6 is 0 Å². The van der Waals surface area contributed by atoms with E-state index in [4.69, 9.17) is 9.47 Å². The normalized spacial score (nSPS) is 17.4. The smallest absolute Gasteiger partial charge is 0.244 e. The molecule has 2 aromatic rings. The maximum absolute atomic E-state index is 12.5. The molecule has 0 spiro atoms. The Labute approximate surface area is 148 Å². The molecule has 6 nitrogen and oxygen atoms in total. The van der Waals surface area contributed by atoms with Gasteiger partial charge in [0.15, 0.2) is 0 Å². The molecule has 25 heavy (non-hydrogen) atoms. The second-order valence-corrected chi connectivity index (χ2v) is 6.55. The molecule has 6 heteroatoms. The second-order valence-electron chi connectivity index (χ2n) is 6.55. The fourth-order valence-corrected chi connectivity index (χ4v) is 3.11. The van der Waals surface area contributed by atoms with Gasteiger partial charge in [0.2, 0.25) is 5.91 Å². The van der Waals surface area contributed by atoms with E-state index in [-0.39, 0.29) is 5.91 Å². The zero-order valence-electron chi connectivity index (χ0n) is 14.9. The lowest BCUT2D eigenvalue weighted by atomic mass is 9.99. The van der Waals surface area contributed by atoms with Crippen LogP contribution < -0.4 is 9.47 Å². The first-order valence-electron chi connectivity index (χ1n) is 8.67. The lowest BCUT2D eigenvalue weighted by molar-refractivity contribution is -0.134. The van der Waals surface area contributed by atoms with Crippen molar-refractivity contribution in [2.75, 3.05) is 26.8 Å². The number of likely N-dealkylation sites (tertiary alicyclic amines) is 1. The highest BCUT2D eigenvalue weighted by atomic mass is 16.5. The number of aromatic nitrogens is 2. The average molecular weight is 343 g/mol. The molecule has 1 aliphatic heterocycles. The Morgan fingerprint density at radius 2 is 2.04 bits per heavy atom. The van der Waals surface area contributed by atoms with E-state index in [9.17, 15) is 4.79 Å². The monoisotopic (exact) mass is 343 g/mol.